The van der Waals surface area contributed by atoms with Crippen molar-refractivity contribution in [2.75, 3.05) is 19.5 Å². The van der Waals surface area contributed by atoms with Crippen LogP contribution < -0.4 is 31.7 Å². The number of benzene rings is 1. The molecule has 0 atom stereocenters. The van der Waals surface area contributed by atoms with E-state index in [1.807, 2.05) is 0 Å². The first-order valence-corrected chi connectivity index (χ1v) is 12.7. The Kier molecular flexibility index (Phi) is 10.2. The number of hydrazine groups is 1. The molecule has 9 nitrogen and oxygen atoms in total. The van der Waals surface area contributed by atoms with E-state index in [0.717, 1.165) is 25.0 Å². The van der Waals surface area contributed by atoms with Crippen LogP contribution in [0.2, 0.25) is 0 Å². The third kappa shape index (κ3) is 8.60. The third-order valence-electron chi connectivity index (χ3n) is 6.37. The van der Waals surface area contributed by atoms with Crippen molar-refractivity contribution in [2.45, 2.75) is 45.5 Å². The summed E-state index contributed by atoms with van der Waals surface area (Å²) in [4.78, 5) is 17.0. The molecule has 1 aromatic heterocycles. The highest BCUT2D eigenvalue weighted by atomic mass is 19.4. The highest BCUT2D eigenvalue weighted by Crippen LogP contribution is 2.38. The van der Waals surface area contributed by atoms with E-state index in [2.05, 4.69) is 22.2 Å². The van der Waals surface area contributed by atoms with Crippen molar-refractivity contribution in [3.05, 3.63) is 89.1 Å². The van der Waals surface area contributed by atoms with E-state index in [0.29, 0.717) is 33.8 Å². The average molecular weight is 573 g/mol. The fourth-order valence-corrected chi connectivity index (χ4v) is 3.70. The van der Waals surface area contributed by atoms with Gasteiger partial charge in [0.1, 0.15) is 11.5 Å². The lowest BCUT2D eigenvalue weighted by Crippen LogP contribution is -2.25. The van der Waals surface area contributed by atoms with Crippen LogP contribution in [-0.2, 0) is 17.5 Å². The molecule has 2 aromatic rings. The van der Waals surface area contributed by atoms with Crippen LogP contribution in [0.1, 0.15) is 43.4 Å². The van der Waals surface area contributed by atoms with E-state index < -0.39 is 17.6 Å². The Morgan fingerprint density at radius 2 is 1.83 bits per heavy atom. The molecule has 6 N–H and O–H groups in total. The minimum atomic E-state index is -4.60. The average Bonchev–Trinajstić information content (AvgIpc) is 3.77. The van der Waals surface area contributed by atoms with E-state index in [4.69, 9.17) is 21.1 Å². The Hall–Kier alpha value is -4.29. The number of alkyl halides is 3. The summed E-state index contributed by atoms with van der Waals surface area (Å²) in [5, 5.41) is 6.97. The lowest BCUT2D eigenvalue weighted by atomic mass is 10.1. The molecule has 12 heteroatoms. The Morgan fingerprint density at radius 1 is 1.15 bits per heavy atom. The van der Waals surface area contributed by atoms with Gasteiger partial charge in [0.05, 0.1) is 43.1 Å². The number of halogens is 3. The standard InChI is InChI=1S/C29H35F3N6O3/c1-17(19(3)38(34)16-25(33)20-11-24(40-4)15-35-13-20)6-7-18(2)28(39)37-26-12-22(29(30,31)32)10-21(27(26)41-5)14-36-23-8-9-23/h6-7,10-13,15-16,23,36H,3,8-9,14,33-34H2,1-2,4-5H3,(H,37,39)/b17-6-,18-7+,25-16-. The Labute approximate surface area is 237 Å². The molecule has 1 amide bonds. The van der Waals surface area contributed by atoms with E-state index in [9.17, 15) is 18.0 Å². The number of methoxy groups -OCH3 is 2. The highest BCUT2D eigenvalue weighted by Gasteiger charge is 2.33. The zero-order chi connectivity index (χ0) is 30.3. The number of hydrogen-bond acceptors (Lipinski definition) is 8. The number of ether oxygens (including phenoxy) is 2. The first-order valence-electron chi connectivity index (χ1n) is 12.7. The Morgan fingerprint density at radius 3 is 2.44 bits per heavy atom. The number of nitrogens with one attached hydrogen (secondary N) is 2. The predicted octanol–water partition coefficient (Wildman–Crippen LogP) is 4.85. The van der Waals surface area contributed by atoms with E-state index in [1.165, 1.54) is 38.4 Å². The van der Waals surface area contributed by atoms with Gasteiger partial charge in [-0.15, -0.1) is 0 Å². The van der Waals surface area contributed by atoms with Crippen molar-refractivity contribution in [1.29, 1.82) is 0 Å². The van der Waals surface area contributed by atoms with Crippen molar-refractivity contribution >= 4 is 17.3 Å². The first-order chi connectivity index (χ1) is 19.3. The molecule has 0 aliphatic heterocycles. The maximum absolute atomic E-state index is 13.6. The summed E-state index contributed by atoms with van der Waals surface area (Å²) in [6.07, 6.45) is 5.04. The summed E-state index contributed by atoms with van der Waals surface area (Å²) in [5.74, 6) is 6.21. The minimum Gasteiger partial charge on any atom is -0.495 e. The molecule has 1 fully saturated rings. The maximum atomic E-state index is 13.6. The summed E-state index contributed by atoms with van der Waals surface area (Å²) < 4.78 is 51.4. The van der Waals surface area contributed by atoms with Crippen LogP contribution in [0.3, 0.4) is 0 Å². The summed E-state index contributed by atoms with van der Waals surface area (Å²) in [5.41, 5.74) is 7.63. The molecule has 1 heterocycles. The van der Waals surface area contributed by atoms with Crippen LogP contribution in [0, 0.1) is 0 Å². The number of carbonyl (C=O) groups excluding carboxylic acids is 1. The second-order valence-corrected chi connectivity index (χ2v) is 9.57. The molecular formula is C29H35F3N6O3. The number of pyridine rings is 1. The van der Waals surface area contributed by atoms with E-state index in [1.54, 1.807) is 31.5 Å². The van der Waals surface area contributed by atoms with Gasteiger partial charge < -0.3 is 25.8 Å². The number of nitrogens with two attached hydrogens (primary N) is 2. The van der Waals surface area contributed by atoms with Crippen molar-refractivity contribution < 1.29 is 27.4 Å². The third-order valence-corrected chi connectivity index (χ3v) is 6.37. The van der Waals surface area contributed by atoms with Gasteiger partial charge in [0, 0.05) is 41.7 Å². The van der Waals surface area contributed by atoms with Gasteiger partial charge in [-0.2, -0.15) is 13.2 Å². The van der Waals surface area contributed by atoms with Gasteiger partial charge in [-0.3, -0.25) is 14.8 Å². The largest absolute Gasteiger partial charge is 0.495 e. The molecule has 1 aliphatic rings. The van der Waals surface area contributed by atoms with Crippen LogP contribution >= 0.6 is 0 Å². The SMILES string of the molecule is C=C(/C(C)=C\C=C(/C)C(=O)Nc1cc(C(F)(F)F)cc(CNC2CC2)c1OC)N(N)/C=C(\N)c1cncc(OC)c1. The van der Waals surface area contributed by atoms with E-state index in [-0.39, 0.29) is 29.6 Å². The molecule has 0 radical (unpaired) electrons. The van der Waals surface area contributed by atoms with Crippen LogP contribution in [-0.4, -0.2) is 36.2 Å². The van der Waals surface area contributed by atoms with Gasteiger partial charge in [-0.05, 0) is 50.5 Å². The van der Waals surface area contributed by atoms with Crippen LogP contribution in [0.15, 0.2) is 72.4 Å². The fourth-order valence-electron chi connectivity index (χ4n) is 3.70. The molecular weight excluding hydrogens is 537 g/mol. The summed E-state index contributed by atoms with van der Waals surface area (Å²) in [6, 6.07) is 3.88. The molecule has 1 aromatic carbocycles. The van der Waals surface area contributed by atoms with Gasteiger partial charge in [0.15, 0.2) is 0 Å². The lowest BCUT2D eigenvalue weighted by Gasteiger charge is -2.19. The Bertz CT molecular complexity index is 1380. The van der Waals surface area contributed by atoms with Crippen molar-refractivity contribution in [2.24, 2.45) is 11.6 Å². The number of amides is 1. The molecule has 220 valence electrons. The Balaban J connectivity index is 1.76. The molecule has 0 unspecified atom stereocenters. The van der Waals surface area contributed by atoms with Crippen molar-refractivity contribution in [1.82, 2.24) is 15.3 Å². The number of hydrogen-bond donors (Lipinski definition) is 4. The molecule has 1 aliphatic carbocycles. The minimum absolute atomic E-state index is 0.0708. The molecule has 0 saturated heterocycles. The smallest absolute Gasteiger partial charge is 0.416 e. The fraction of sp³-hybridized carbons (Fsp3) is 0.310. The van der Waals surface area contributed by atoms with Crippen molar-refractivity contribution in [3.63, 3.8) is 0 Å². The quantitative estimate of drug-likeness (QED) is 0.123. The van der Waals surface area contributed by atoms with Gasteiger partial charge in [0.25, 0.3) is 5.91 Å². The number of aromatic nitrogens is 1. The number of nitrogens with zero attached hydrogens (tertiary/aromatic N) is 2. The molecule has 0 bridgehead atoms. The number of allylic oxidation sites excluding steroid dienone is 3. The summed E-state index contributed by atoms with van der Waals surface area (Å²) >= 11 is 0. The molecule has 3 rings (SSSR count). The topological polar surface area (TPSA) is 128 Å². The molecule has 41 heavy (non-hydrogen) atoms. The number of carbonyl (C=O) groups is 1. The normalized spacial score (nSPS) is 14.5. The van der Waals surface area contributed by atoms with Crippen LogP contribution in [0.4, 0.5) is 18.9 Å². The zero-order valence-electron chi connectivity index (χ0n) is 23.4. The van der Waals surface area contributed by atoms with Crippen LogP contribution in [0.5, 0.6) is 11.5 Å². The van der Waals surface area contributed by atoms with E-state index >= 15 is 0 Å². The van der Waals surface area contributed by atoms with Crippen molar-refractivity contribution in [3.8, 4) is 11.5 Å². The lowest BCUT2D eigenvalue weighted by molar-refractivity contribution is -0.137. The summed E-state index contributed by atoms with van der Waals surface area (Å²) in [7, 11) is 2.87. The van der Waals surface area contributed by atoms with Gasteiger partial charge in [-0.1, -0.05) is 18.7 Å². The maximum Gasteiger partial charge on any atom is 0.416 e. The van der Waals surface area contributed by atoms with Gasteiger partial charge in [0.2, 0.25) is 0 Å². The molecule has 1 saturated carbocycles. The van der Waals surface area contributed by atoms with Gasteiger partial charge in [-0.25, -0.2) is 5.84 Å². The van der Waals surface area contributed by atoms with Crippen LogP contribution in [0.25, 0.3) is 5.70 Å². The predicted molar refractivity (Wildman–Crippen MR) is 152 cm³/mol. The first kappa shape index (κ1) is 31.2. The second-order valence-electron chi connectivity index (χ2n) is 9.57. The monoisotopic (exact) mass is 572 g/mol. The van der Waals surface area contributed by atoms with Gasteiger partial charge >= 0.3 is 6.18 Å². The second kappa shape index (κ2) is 13.4. The zero-order valence-corrected chi connectivity index (χ0v) is 23.4. The summed E-state index contributed by atoms with van der Waals surface area (Å²) in [6.45, 7) is 7.41. The molecule has 0 spiro atoms. The number of anilines is 1. The highest BCUT2D eigenvalue weighted by molar-refractivity contribution is 6.04. The number of rotatable bonds is 12.